The zero-order valence-electron chi connectivity index (χ0n) is 12.5. The van der Waals surface area contributed by atoms with Gasteiger partial charge >= 0.3 is 0 Å². The molecule has 0 N–H and O–H groups in total. The zero-order chi connectivity index (χ0) is 14.2. The van der Waals surface area contributed by atoms with Crippen LogP contribution in [0.4, 0.5) is 0 Å². The van der Waals surface area contributed by atoms with Gasteiger partial charge in [0.1, 0.15) is 5.82 Å². The number of nitrogens with zero attached hydrogens (tertiary/aromatic N) is 2. The Hall–Kier alpha value is -1.02. The number of benzene rings is 1. The second-order valence-electron chi connectivity index (χ2n) is 6.56. The fourth-order valence-electron chi connectivity index (χ4n) is 3.63. The molecule has 1 aliphatic carbocycles. The Morgan fingerprint density at radius 1 is 1.25 bits per heavy atom. The van der Waals surface area contributed by atoms with Crippen molar-refractivity contribution < 1.29 is 0 Å². The molecule has 0 bridgehead atoms. The van der Waals surface area contributed by atoms with Gasteiger partial charge in [-0.3, -0.25) is 0 Å². The maximum absolute atomic E-state index is 6.14. The average Bonchev–Trinajstić information content (AvgIpc) is 2.78. The molecule has 0 spiro atoms. The summed E-state index contributed by atoms with van der Waals surface area (Å²) in [6.45, 7) is 5.65. The maximum Gasteiger partial charge on any atom is 0.124 e. The van der Waals surface area contributed by atoms with Gasteiger partial charge in [0.2, 0.25) is 0 Å². The standard InChI is InChI=1S/C17H23ClN2/c1-13-7-6-8-14-16(13)20(15(11-18)19-14)12-17(2)9-4-3-5-10-17/h6-8H,3-5,9-12H2,1-2H3. The first-order valence-corrected chi connectivity index (χ1v) is 8.17. The molecule has 0 unspecified atom stereocenters. The predicted octanol–water partition coefficient (Wildman–Crippen LogP) is 5.05. The molecule has 1 aliphatic rings. The number of alkyl halides is 1. The molecule has 0 amide bonds. The molecule has 1 aromatic heterocycles. The van der Waals surface area contributed by atoms with Crippen LogP contribution in [0.15, 0.2) is 18.2 Å². The highest BCUT2D eigenvalue weighted by Gasteiger charge is 2.29. The van der Waals surface area contributed by atoms with E-state index in [1.165, 1.54) is 43.2 Å². The number of fused-ring (bicyclic) bond motifs is 1. The smallest absolute Gasteiger partial charge is 0.124 e. The lowest BCUT2D eigenvalue weighted by atomic mass is 9.75. The van der Waals surface area contributed by atoms with Gasteiger partial charge < -0.3 is 4.57 Å². The topological polar surface area (TPSA) is 17.8 Å². The summed E-state index contributed by atoms with van der Waals surface area (Å²) < 4.78 is 2.38. The molecule has 1 aromatic carbocycles. The van der Waals surface area contributed by atoms with E-state index in [1.54, 1.807) is 0 Å². The fourth-order valence-corrected chi connectivity index (χ4v) is 3.83. The first-order chi connectivity index (χ1) is 9.63. The van der Waals surface area contributed by atoms with Crippen molar-refractivity contribution in [3.63, 3.8) is 0 Å². The summed E-state index contributed by atoms with van der Waals surface area (Å²) in [5, 5.41) is 0. The van der Waals surface area contributed by atoms with Gasteiger partial charge in [-0.05, 0) is 36.8 Å². The third-order valence-electron chi connectivity index (χ3n) is 4.77. The number of aromatic nitrogens is 2. The summed E-state index contributed by atoms with van der Waals surface area (Å²) in [5.41, 5.74) is 4.05. The van der Waals surface area contributed by atoms with E-state index in [1.807, 2.05) is 0 Å². The minimum Gasteiger partial charge on any atom is -0.326 e. The highest BCUT2D eigenvalue weighted by Crippen LogP contribution is 2.38. The molecule has 1 heterocycles. The zero-order valence-corrected chi connectivity index (χ0v) is 13.2. The molecule has 1 fully saturated rings. The molecule has 2 nitrogen and oxygen atoms in total. The van der Waals surface area contributed by atoms with Crippen molar-refractivity contribution in [3.8, 4) is 0 Å². The monoisotopic (exact) mass is 290 g/mol. The summed E-state index contributed by atoms with van der Waals surface area (Å²) >= 11 is 6.14. The molecular formula is C17H23ClN2. The van der Waals surface area contributed by atoms with Crippen LogP contribution in [0.2, 0.25) is 0 Å². The van der Waals surface area contributed by atoms with Crippen molar-refractivity contribution in [1.29, 1.82) is 0 Å². The van der Waals surface area contributed by atoms with Crippen molar-refractivity contribution >= 4 is 22.6 Å². The van der Waals surface area contributed by atoms with Crippen molar-refractivity contribution in [3.05, 3.63) is 29.6 Å². The van der Waals surface area contributed by atoms with E-state index >= 15 is 0 Å². The molecule has 1 saturated carbocycles. The van der Waals surface area contributed by atoms with Gasteiger partial charge in [0, 0.05) is 6.54 Å². The molecule has 0 radical (unpaired) electrons. The Morgan fingerprint density at radius 2 is 2.00 bits per heavy atom. The Bertz CT molecular complexity index is 609. The third kappa shape index (κ3) is 2.46. The van der Waals surface area contributed by atoms with Gasteiger partial charge in [-0.25, -0.2) is 4.98 Å². The SMILES string of the molecule is Cc1cccc2nc(CCl)n(CC3(C)CCCCC3)c12. The van der Waals surface area contributed by atoms with Crippen molar-refractivity contribution in [2.24, 2.45) is 5.41 Å². The fraction of sp³-hybridized carbons (Fsp3) is 0.588. The number of hydrogen-bond acceptors (Lipinski definition) is 1. The lowest BCUT2D eigenvalue weighted by Gasteiger charge is -2.34. The quantitative estimate of drug-likeness (QED) is 0.723. The van der Waals surface area contributed by atoms with Crippen LogP contribution in [-0.4, -0.2) is 9.55 Å². The van der Waals surface area contributed by atoms with Crippen LogP contribution in [-0.2, 0) is 12.4 Å². The summed E-state index contributed by atoms with van der Waals surface area (Å²) in [7, 11) is 0. The van der Waals surface area contributed by atoms with Crippen LogP contribution < -0.4 is 0 Å². The lowest BCUT2D eigenvalue weighted by molar-refractivity contribution is 0.184. The predicted molar refractivity (Wildman–Crippen MR) is 85.2 cm³/mol. The van der Waals surface area contributed by atoms with Gasteiger partial charge in [-0.15, -0.1) is 11.6 Å². The van der Waals surface area contributed by atoms with Crippen molar-refractivity contribution in [2.75, 3.05) is 0 Å². The molecule has 20 heavy (non-hydrogen) atoms. The molecular weight excluding hydrogens is 268 g/mol. The lowest BCUT2D eigenvalue weighted by Crippen LogP contribution is -2.27. The first-order valence-electron chi connectivity index (χ1n) is 7.64. The van der Waals surface area contributed by atoms with Gasteiger partial charge in [0.15, 0.2) is 0 Å². The second-order valence-corrected chi connectivity index (χ2v) is 6.83. The molecule has 0 saturated heterocycles. The summed E-state index contributed by atoms with van der Waals surface area (Å²) in [5.74, 6) is 1.51. The molecule has 0 atom stereocenters. The largest absolute Gasteiger partial charge is 0.326 e. The molecule has 3 rings (SSSR count). The van der Waals surface area contributed by atoms with Crippen LogP contribution >= 0.6 is 11.6 Å². The van der Waals surface area contributed by atoms with Crippen LogP contribution in [0.1, 0.15) is 50.4 Å². The highest BCUT2D eigenvalue weighted by molar-refractivity contribution is 6.16. The van der Waals surface area contributed by atoms with Crippen LogP contribution in [0.25, 0.3) is 11.0 Å². The minimum atomic E-state index is 0.398. The van der Waals surface area contributed by atoms with Crippen LogP contribution in [0.3, 0.4) is 0 Å². The number of hydrogen-bond donors (Lipinski definition) is 0. The van der Waals surface area contributed by atoms with Crippen molar-refractivity contribution in [2.45, 2.75) is 58.4 Å². The minimum absolute atomic E-state index is 0.398. The van der Waals surface area contributed by atoms with Gasteiger partial charge in [0.05, 0.1) is 16.9 Å². The molecule has 108 valence electrons. The molecule has 3 heteroatoms. The Labute approximate surface area is 126 Å². The Kier molecular flexibility index (Phi) is 3.76. The van der Waals surface area contributed by atoms with E-state index in [2.05, 4.69) is 36.6 Å². The van der Waals surface area contributed by atoms with Crippen LogP contribution in [0, 0.1) is 12.3 Å². The highest BCUT2D eigenvalue weighted by atomic mass is 35.5. The number of aryl methyl sites for hydroxylation is 1. The Balaban J connectivity index is 2.05. The number of halogens is 1. The molecule has 2 aromatic rings. The summed E-state index contributed by atoms with van der Waals surface area (Å²) in [6, 6.07) is 6.34. The van der Waals surface area contributed by atoms with E-state index in [0.717, 1.165) is 17.9 Å². The summed E-state index contributed by atoms with van der Waals surface area (Å²) in [4.78, 5) is 4.72. The van der Waals surface area contributed by atoms with Gasteiger partial charge in [-0.2, -0.15) is 0 Å². The average molecular weight is 291 g/mol. The van der Waals surface area contributed by atoms with E-state index in [4.69, 9.17) is 16.6 Å². The third-order valence-corrected chi connectivity index (χ3v) is 5.01. The molecule has 0 aliphatic heterocycles. The Morgan fingerprint density at radius 3 is 2.70 bits per heavy atom. The van der Waals surface area contributed by atoms with E-state index < -0.39 is 0 Å². The normalized spacial score (nSPS) is 18.6. The number of imidazole rings is 1. The summed E-state index contributed by atoms with van der Waals surface area (Å²) in [6.07, 6.45) is 6.75. The van der Waals surface area contributed by atoms with E-state index in [0.29, 0.717) is 11.3 Å². The van der Waals surface area contributed by atoms with Crippen LogP contribution in [0.5, 0.6) is 0 Å². The number of rotatable bonds is 3. The van der Waals surface area contributed by atoms with Gasteiger partial charge in [0.25, 0.3) is 0 Å². The van der Waals surface area contributed by atoms with Crippen molar-refractivity contribution in [1.82, 2.24) is 9.55 Å². The maximum atomic E-state index is 6.14. The van der Waals surface area contributed by atoms with E-state index in [-0.39, 0.29) is 0 Å². The number of para-hydroxylation sites is 1. The first kappa shape index (κ1) is 13.9. The van der Waals surface area contributed by atoms with E-state index in [9.17, 15) is 0 Å². The second kappa shape index (κ2) is 5.40. The van der Waals surface area contributed by atoms with Gasteiger partial charge in [-0.1, -0.05) is 38.3 Å².